The lowest BCUT2D eigenvalue weighted by molar-refractivity contribution is -0.134. The smallest absolute Gasteiger partial charge is 0.301 e. The maximum absolute atomic E-state index is 12.2. The van der Waals surface area contributed by atoms with Crippen LogP contribution < -0.4 is 0 Å². The molecule has 0 aliphatic rings. The third-order valence-electron chi connectivity index (χ3n) is 2.19. The van der Waals surface area contributed by atoms with Gasteiger partial charge in [-0.3, -0.25) is 0 Å². The van der Waals surface area contributed by atoms with Crippen molar-refractivity contribution >= 4 is 19.7 Å². The van der Waals surface area contributed by atoms with Crippen LogP contribution in [0.3, 0.4) is 0 Å². The van der Waals surface area contributed by atoms with Gasteiger partial charge in [0.05, 0.1) is 6.42 Å². The van der Waals surface area contributed by atoms with Crippen LogP contribution in [-0.4, -0.2) is 29.4 Å². The van der Waals surface area contributed by atoms with E-state index in [4.69, 9.17) is 10.7 Å². The number of hydrogen-bond acceptors (Lipinski definition) is 4. The van der Waals surface area contributed by atoms with E-state index in [1.165, 1.54) is 0 Å². The summed E-state index contributed by atoms with van der Waals surface area (Å²) in [6.45, 7) is 3.76. The highest BCUT2D eigenvalue weighted by Gasteiger charge is 2.29. The van der Waals surface area contributed by atoms with Crippen molar-refractivity contribution in [2.45, 2.75) is 44.6 Å². The van der Waals surface area contributed by atoms with E-state index in [1.807, 2.05) is 0 Å². The van der Waals surface area contributed by atoms with Crippen molar-refractivity contribution in [2.24, 2.45) is 5.92 Å². The summed E-state index contributed by atoms with van der Waals surface area (Å²) < 4.78 is 60.2. The first-order valence-electron chi connectivity index (χ1n) is 5.44. The minimum atomic E-state index is -4.34. The Labute approximate surface area is 113 Å². The summed E-state index contributed by atoms with van der Waals surface area (Å²) in [5.41, 5.74) is 0. The molecule has 0 unspecified atom stereocenters. The summed E-state index contributed by atoms with van der Waals surface area (Å²) in [5, 5.41) is 6.34. The summed E-state index contributed by atoms with van der Waals surface area (Å²) in [5.74, 6) is -0.0250. The van der Waals surface area contributed by atoms with Crippen LogP contribution in [0.2, 0.25) is 0 Å². The molecule has 1 rings (SSSR count). The highest BCUT2D eigenvalue weighted by atomic mass is 35.7. The number of hydrogen-bond donors (Lipinski definition) is 0. The van der Waals surface area contributed by atoms with Crippen LogP contribution in [0.15, 0.2) is 5.16 Å². The van der Waals surface area contributed by atoms with E-state index in [0.29, 0.717) is 0 Å². The van der Waals surface area contributed by atoms with Crippen molar-refractivity contribution in [2.75, 3.05) is 0 Å². The standard InChI is InChI=1S/C9H13ClF3N3O2S/c1-6(2)5-16-7(3-4-9(11,12)13)14-15-8(16)19(10,17)18/h6H,3-5H2,1-2H3. The van der Waals surface area contributed by atoms with Crippen LogP contribution in [0.4, 0.5) is 13.2 Å². The summed E-state index contributed by atoms with van der Waals surface area (Å²) in [4.78, 5) is 0. The Bertz CT molecular complexity index is 539. The van der Waals surface area contributed by atoms with Gasteiger partial charge in [0, 0.05) is 23.6 Å². The molecule has 0 atom stereocenters. The van der Waals surface area contributed by atoms with Gasteiger partial charge in [-0.25, -0.2) is 8.42 Å². The van der Waals surface area contributed by atoms with Gasteiger partial charge in [-0.2, -0.15) is 13.2 Å². The van der Waals surface area contributed by atoms with Crippen molar-refractivity contribution in [3.05, 3.63) is 5.82 Å². The molecule has 0 radical (unpaired) electrons. The second-order valence-corrected chi connectivity index (χ2v) is 6.92. The van der Waals surface area contributed by atoms with Gasteiger partial charge in [0.1, 0.15) is 5.82 Å². The number of rotatable bonds is 5. The minimum Gasteiger partial charge on any atom is -0.301 e. The molecule has 0 spiro atoms. The van der Waals surface area contributed by atoms with Crippen LogP contribution in [0.1, 0.15) is 26.1 Å². The first-order valence-corrected chi connectivity index (χ1v) is 7.75. The Morgan fingerprint density at radius 1 is 1.32 bits per heavy atom. The average molecular weight is 320 g/mol. The molecular weight excluding hydrogens is 307 g/mol. The summed E-state index contributed by atoms with van der Waals surface area (Å²) in [7, 11) is 1.05. The first-order chi connectivity index (χ1) is 8.50. The van der Waals surface area contributed by atoms with Gasteiger partial charge in [-0.1, -0.05) is 13.8 Å². The molecule has 1 aromatic rings. The topological polar surface area (TPSA) is 64.8 Å². The van der Waals surface area contributed by atoms with Crippen molar-refractivity contribution in [3.63, 3.8) is 0 Å². The molecule has 0 N–H and O–H groups in total. The normalized spacial score (nSPS) is 13.2. The lowest BCUT2D eigenvalue weighted by Gasteiger charge is -2.12. The van der Waals surface area contributed by atoms with E-state index in [2.05, 4.69) is 10.2 Å². The molecule has 0 saturated carbocycles. The van der Waals surface area contributed by atoms with Crippen LogP contribution in [0.5, 0.6) is 0 Å². The lowest BCUT2D eigenvalue weighted by Crippen LogP contribution is -2.16. The Balaban J connectivity index is 3.08. The molecule has 0 saturated heterocycles. The Morgan fingerprint density at radius 2 is 1.89 bits per heavy atom. The van der Waals surface area contributed by atoms with E-state index in [1.54, 1.807) is 13.8 Å². The van der Waals surface area contributed by atoms with Crippen molar-refractivity contribution < 1.29 is 21.6 Å². The maximum atomic E-state index is 12.2. The van der Waals surface area contributed by atoms with E-state index >= 15 is 0 Å². The lowest BCUT2D eigenvalue weighted by atomic mass is 10.2. The highest BCUT2D eigenvalue weighted by molar-refractivity contribution is 8.13. The average Bonchev–Trinajstić information content (AvgIpc) is 2.55. The first kappa shape index (κ1) is 16.2. The molecule has 5 nitrogen and oxygen atoms in total. The fraction of sp³-hybridized carbons (Fsp3) is 0.778. The molecule has 0 aromatic carbocycles. The van der Waals surface area contributed by atoms with Crippen molar-refractivity contribution in [1.29, 1.82) is 0 Å². The van der Waals surface area contributed by atoms with Crippen LogP contribution in [0.25, 0.3) is 0 Å². The molecule has 0 aliphatic heterocycles. The van der Waals surface area contributed by atoms with E-state index < -0.39 is 33.2 Å². The zero-order valence-corrected chi connectivity index (χ0v) is 11.8. The number of halogens is 4. The van der Waals surface area contributed by atoms with E-state index in [9.17, 15) is 21.6 Å². The van der Waals surface area contributed by atoms with Crippen LogP contribution >= 0.6 is 10.7 Å². The van der Waals surface area contributed by atoms with Crippen LogP contribution in [0, 0.1) is 5.92 Å². The molecule has 0 bridgehead atoms. The Morgan fingerprint density at radius 3 is 2.32 bits per heavy atom. The minimum absolute atomic E-state index is 0.0119. The van der Waals surface area contributed by atoms with Crippen LogP contribution in [-0.2, 0) is 22.0 Å². The molecule has 0 aliphatic carbocycles. The summed E-state index contributed by atoms with van der Waals surface area (Å²) in [6.07, 6.45) is -5.87. The van der Waals surface area contributed by atoms with Gasteiger partial charge in [-0.05, 0) is 5.92 Å². The molecule has 10 heteroatoms. The fourth-order valence-electron chi connectivity index (χ4n) is 1.49. The van der Waals surface area contributed by atoms with Gasteiger partial charge >= 0.3 is 6.18 Å². The van der Waals surface area contributed by atoms with Gasteiger partial charge in [0.2, 0.25) is 0 Å². The summed E-state index contributed by atoms with van der Waals surface area (Å²) >= 11 is 0. The SMILES string of the molecule is CC(C)Cn1c(CCC(F)(F)F)nnc1S(=O)(=O)Cl. The van der Waals surface area contributed by atoms with Gasteiger partial charge < -0.3 is 4.57 Å². The Kier molecular flexibility index (Phi) is 4.83. The fourth-order valence-corrected chi connectivity index (χ4v) is 2.41. The third kappa shape index (κ3) is 4.98. The van der Waals surface area contributed by atoms with Gasteiger partial charge in [0.25, 0.3) is 14.2 Å². The van der Waals surface area contributed by atoms with Gasteiger partial charge in [0.15, 0.2) is 0 Å². The molecule has 0 amide bonds. The van der Waals surface area contributed by atoms with Crippen molar-refractivity contribution in [3.8, 4) is 0 Å². The largest absolute Gasteiger partial charge is 0.389 e. The number of aromatic nitrogens is 3. The second kappa shape index (κ2) is 5.66. The second-order valence-electron chi connectivity index (χ2n) is 4.46. The molecule has 19 heavy (non-hydrogen) atoms. The Hall–Kier alpha value is -0.830. The quantitative estimate of drug-likeness (QED) is 0.781. The molecular formula is C9H13ClF3N3O2S. The summed E-state index contributed by atoms with van der Waals surface area (Å²) in [6, 6.07) is 0. The van der Waals surface area contributed by atoms with E-state index in [0.717, 1.165) is 4.57 Å². The number of alkyl halides is 3. The zero-order valence-electron chi connectivity index (χ0n) is 10.3. The number of nitrogens with zero attached hydrogens (tertiary/aromatic N) is 3. The molecule has 0 fully saturated rings. The maximum Gasteiger partial charge on any atom is 0.389 e. The monoisotopic (exact) mass is 319 g/mol. The predicted molar refractivity (Wildman–Crippen MR) is 62.3 cm³/mol. The molecule has 1 heterocycles. The van der Waals surface area contributed by atoms with Crippen molar-refractivity contribution in [1.82, 2.24) is 14.8 Å². The van der Waals surface area contributed by atoms with Gasteiger partial charge in [-0.15, -0.1) is 10.2 Å². The predicted octanol–water partition coefficient (Wildman–Crippen LogP) is 2.36. The zero-order chi connectivity index (χ0) is 14.8. The number of aryl methyl sites for hydroxylation is 1. The molecule has 110 valence electrons. The molecule has 1 aromatic heterocycles. The van der Waals surface area contributed by atoms with E-state index in [-0.39, 0.29) is 18.3 Å². The highest BCUT2D eigenvalue weighted by Crippen LogP contribution is 2.23. The third-order valence-corrected chi connectivity index (χ3v) is 3.34.